The molecule has 0 radical (unpaired) electrons. The minimum absolute atomic E-state index is 0.202. The van der Waals surface area contributed by atoms with E-state index in [2.05, 4.69) is 9.97 Å². The summed E-state index contributed by atoms with van der Waals surface area (Å²) in [5.74, 6) is -0.698. The topological polar surface area (TPSA) is 92.7 Å². The van der Waals surface area contributed by atoms with Crippen LogP contribution in [0.1, 0.15) is 39.6 Å². The first-order chi connectivity index (χ1) is 22.5. The summed E-state index contributed by atoms with van der Waals surface area (Å²) in [6, 6.07) is 26.0. The van der Waals surface area contributed by atoms with Crippen molar-refractivity contribution in [2.24, 2.45) is 0 Å². The summed E-state index contributed by atoms with van der Waals surface area (Å²) >= 11 is 4.42. The van der Waals surface area contributed by atoms with Gasteiger partial charge in [-0.25, -0.2) is 9.78 Å². The van der Waals surface area contributed by atoms with Crippen LogP contribution in [0.5, 0.6) is 0 Å². The number of ether oxygens (including phenoxy) is 1. The normalized spacial score (nSPS) is 17.4. The molecule has 8 nitrogen and oxygen atoms in total. The smallest absolute Gasteiger partial charge is 0.356 e. The number of thioether (sulfide) groups is 1. The van der Waals surface area contributed by atoms with E-state index >= 15 is 0 Å². The van der Waals surface area contributed by atoms with Crippen LogP contribution >= 0.6 is 34.4 Å². The lowest BCUT2D eigenvalue weighted by atomic mass is 9.99. The largest absolute Gasteiger partial charge is 0.448 e. The van der Waals surface area contributed by atoms with Crippen molar-refractivity contribution in [1.82, 2.24) is 14.9 Å². The first-order valence-corrected chi connectivity index (χ1v) is 17.4. The number of nitrogens with zero attached hydrogens (tertiary/aromatic N) is 4. The molecule has 0 spiro atoms. The molecular weight excluding hydrogens is 637 g/mol. The average Bonchev–Trinajstić information content (AvgIpc) is 3.79. The molecule has 0 N–H and O–H groups in total. The summed E-state index contributed by atoms with van der Waals surface area (Å²) in [6.45, 7) is 1.46. The van der Waals surface area contributed by atoms with Gasteiger partial charge >= 0.3 is 5.97 Å². The number of thiazole rings is 1. The maximum absolute atomic E-state index is 14.4. The van der Waals surface area contributed by atoms with Crippen LogP contribution in [-0.4, -0.2) is 49.8 Å². The summed E-state index contributed by atoms with van der Waals surface area (Å²) in [6.07, 6.45) is 5.22. The van der Waals surface area contributed by atoms with E-state index in [1.807, 2.05) is 96.5 Å². The molecule has 2 aromatic carbocycles. The Kier molecular flexibility index (Phi) is 8.53. The Morgan fingerprint density at radius 2 is 1.72 bits per heavy atom. The van der Waals surface area contributed by atoms with Crippen molar-refractivity contribution in [2.75, 3.05) is 10.7 Å². The van der Waals surface area contributed by atoms with Crippen molar-refractivity contribution < 1.29 is 19.1 Å². The van der Waals surface area contributed by atoms with Crippen LogP contribution in [0.4, 0.5) is 5.00 Å². The number of amides is 2. The third-order valence-corrected chi connectivity index (χ3v) is 11.0. The second-order valence-corrected chi connectivity index (χ2v) is 13.9. The maximum Gasteiger partial charge on any atom is 0.356 e. The Hall–Kier alpha value is -4.58. The van der Waals surface area contributed by atoms with Gasteiger partial charge < -0.3 is 4.74 Å². The zero-order valence-electron chi connectivity index (χ0n) is 24.7. The van der Waals surface area contributed by atoms with Gasteiger partial charge in [0.15, 0.2) is 6.10 Å². The van der Waals surface area contributed by atoms with Crippen molar-refractivity contribution in [3.05, 3.63) is 141 Å². The minimum atomic E-state index is -0.729. The summed E-state index contributed by atoms with van der Waals surface area (Å²) in [5.41, 5.74) is 3.56. The van der Waals surface area contributed by atoms with Gasteiger partial charge in [0, 0.05) is 43.3 Å². The Labute approximate surface area is 278 Å². The molecule has 0 bridgehead atoms. The van der Waals surface area contributed by atoms with Gasteiger partial charge in [0.25, 0.3) is 5.91 Å². The minimum Gasteiger partial charge on any atom is -0.448 e. The maximum atomic E-state index is 14.4. The molecule has 1 fully saturated rings. The quantitative estimate of drug-likeness (QED) is 0.130. The standard InChI is InChI=1S/C35H28N4O4S3/c1-22(40)38(29-15-9-17-44-29)31-33(41)39-30(35(42)43-32(24-11-4-2-5-12-24)25-13-6-3-7-14-25)26(21-45-34(31)39)27-20-37-28(46-27)18-23-10-8-16-36-19-23/h2-17,19-20,31-32,34H,18,21H2,1H3. The zero-order valence-corrected chi connectivity index (χ0v) is 27.1. The SMILES string of the molecule is CC(=O)N(c1cccs1)C1C(=O)N2C(C(=O)OC(c3ccccc3)c3ccccc3)=C(c3cnc(Cc4cccnc4)s3)CSC12. The fraction of sp³-hybridized carbons (Fsp3) is 0.171. The molecule has 0 aliphatic carbocycles. The molecule has 230 valence electrons. The van der Waals surface area contributed by atoms with E-state index in [9.17, 15) is 14.4 Å². The highest BCUT2D eigenvalue weighted by Gasteiger charge is 2.57. The number of hydrogen-bond acceptors (Lipinski definition) is 9. The first-order valence-electron chi connectivity index (χ1n) is 14.7. The predicted molar refractivity (Wildman–Crippen MR) is 181 cm³/mol. The van der Waals surface area contributed by atoms with Gasteiger partial charge in [-0.1, -0.05) is 66.7 Å². The van der Waals surface area contributed by atoms with Gasteiger partial charge in [0.1, 0.15) is 17.1 Å². The van der Waals surface area contributed by atoms with Gasteiger partial charge in [-0.2, -0.15) is 0 Å². The van der Waals surface area contributed by atoms with E-state index in [4.69, 9.17) is 4.74 Å². The molecule has 2 amide bonds. The lowest BCUT2D eigenvalue weighted by molar-refractivity contribution is -0.153. The molecule has 11 heteroatoms. The van der Waals surface area contributed by atoms with Gasteiger partial charge in [0.2, 0.25) is 5.91 Å². The molecule has 2 aliphatic heterocycles. The van der Waals surface area contributed by atoms with Crippen LogP contribution < -0.4 is 4.90 Å². The van der Waals surface area contributed by atoms with Gasteiger partial charge in [0.05, 0.1) is 14.9 Å². The van der Waals surface area contributed by atoms with Crippen molar-refractivity contribution in [3.63, 3.8) is 0 Å². The highest BCUT2D eigenvalue weighted by Crippen LogP contribution is 2.48. The fourth-order valence-corrected chi connectivity index (χ4v) is 9.04. The second-order valence-electron chi connectivity index (χ2n) is 10.8. The number of carbonyl (C=O) groups is 3. The zero-order chi connectivity index (χ0) is 31.6. The molecule has 1 saturated heterocycles. The number of pyridine rings is 1. The van der Waals surface area contributed by atoms with Crippen LogP contribution in [0.3, 0.4) is 0 Å². The number of carbonyl (C=O) groups excluding carboxylic acids is 3. The van der Waals surface area contributed by atoms with Gasteiger partial charge in [-0.3, -0.25) is 24.4 Å². The Bertz CT molecular complexity index is 1860. The Balaban J connectivity index is 1.27. The van der Waals surface area contributed by atoms with E-state index < -0.39 is 23.5 Å². The number of esters is 1. The van der Waals surface area contributed by atoms with E-state index in [1.165, 1.54) is 46.3 Å². The summed E-state index contributed by atoms with van der Waals surface area (Å²) in [7, 11) is 0. The number of thiophene rings is 1. The number of rotatable bonds is 9. The summed E-state index contributed by atoms with van der Waals surface area (Å²) in [4.78, 5) is 54.1. The molecule has 2 aliphatic rings. The second kappa shape index (κ2) is 13.0. The number of β-lactam (4-membered cyclic amide) rings is 1. The molecule has 5 aromatic rings. The number of benzene rings is 2. The Morgan fingerprint density at radius 3 is 2.35 bits per heavy atom. The summed E-state index contributed by atoms with van der Waals surface area (Å²) in [5, 5.41) is 3.00. The van der Waals surface area contributed by atoms with Crippen molar-refractivity contribution >= 4 is 62.8 Å². The van der Waals surface area contributed by atoms with Crippen molar-refractivity contribution in [2.45, 2.75) is 30.9 Å². The number of anilines is 1. The fourth-order valence-electron chi connectivity index (χ4n) is 5.73. The molecule has 3 aromatic heterocycles. The van der Waals surface area contributed by atoms with E-state index in [-0.39, 0.29) is 17.5 Å². The molecular formula is C35H28N4O4S3. The lowest BCUT2D eigenvalue weighted by Crippen LogP contribution is -2.71. The molecule has 2 atom stereocenters. The molecule has 2 unspecified atom stereocenters. The number of hydrogen-bond donors (Lipinski definition) is 0. The van der Waals surface area contributed by atoms with Crippen molar-refractivity contribution in [3.8, 4) is 0 Å². The van der Waals surface area contributed by atoms with Crippen LogP contribution in [0.15, 0.2) is 115 Å². The average molecular weight is 665 g/mol. The number of aromatic nitrogens is 2. The molecule has 5 heterocycles. The predicted octanol–water partition coefficient (Wildman–Crippen LogP) is 6.57. The van der Waals surface area contributed by atoms with Gasteiger partial charge in [-0.15, -0.1) is 34.4 Å². The Morgan fingerprint density at radius 1 is 0.978 bits per heavy atom. The third kappa shape index (κ3) is 5.77. The van der Waals surface area contributed by atoms with Crippen LogP contribution in [0, 0.1) is 0 Å². The van der Waals surface area contributed by atoms with E-state index in [0.29, 0.717) is 22.7 Å². The van der Waals surface area contributed by atoms with E-state index in [1.54, 1.807) is 17.3 Å². The lowest BCUT2D eigenvalue weighted by Gasteiger charge is -2.52. The van der Waals surface area contributed by atoms with Crippen LogP contribution in [0.25, 0.3) is 5.57 Å². The number of fused-ring (bicyclic) bond motifs is 1. The van der Waals surface area contributed by atoms with Crippen LogP contribution in [-0.2, 0) is 25.5 Å². The van der Waals surface area contributed by atoms with Crippen molar-refractivity contribution in [1.29, 1.82) is 0 Å². The summed E-state index contributed by atoms with van der Waals surface area (Å²) < 4.78 is 6.33. The van der Waals surface area contributed by atoms with Gasteiger partial charge in [-0.05, 0) is 40.3 Å². The highest BCUT2D eigenvalue weighted by molar-refractivity contribution is 8.00. The monoisotopic (exact) mass is 664 g/mol. The first kappa shape index (κ1) is 30.1. The van der Waals surface area contributed by atoms with E-state index in [0.717, 1.165) is 26.6 Å². The van der Waals surface area contributed by atoms with Crippen LogP contribution in [0.2, 0.25) is 0 Å². The third-order valence-electron chi connectivity index (χ3n) is 7.85. The molecule has 7 rings (SSSR count). The highest BCUT2D eigenvalue weighted by atomic mass is 32.2. The molecule has 46 heavy (non-hydrogen) atoms. The molecule has 0 saturated carbocycles.